The lowest BCUT2D eigenvalue weighted by Gasteiger charge is -1.98. The van der Waals surface area contributed by atoms with E-state index < -0.39 is 0 Å². The Bertz CT molecular complexity index is 124. The lowest BCUT2D eigenvalue weighted by molar-refractivity contribution is -0.114. The van der Waals surface area contributed by atoms with Crippen molar-refractivity contribution in [1.29, 1.82) is 0 Å². The minimum atomic E-state index is -0.224. The average Bonchev–Trinajstić information content (AvgIpc) is 2.14. The molecule has 0 spiro atoms. The molecule has 1 saturated carbocycles. The van der Waals surface area contributed by atoms with Gasteiger partial charge in [0.25, 0.3) is 0 Å². The molecule has 0 aromatic carbocycles. The van der Waals surface area contributed by atoms with Crippen LogP contribution in [0.2, 0.25) is 0 Å². The van der Waals surface area contributed by atoms with Crippen molar-refractivity contribution in [2.75, 3.05) is 0 Å². The van der Waals surface area contributed by atoms with Crippen molar-refractivity contribution < 1.29 is 4.79 Å². The summed E-state index contributed by atoms with van der Waals surface area (Å²) in [6.45, 7) is 0. The van der Waals surface area contributed by atoms with Gasteiger partial charge in [0.1, 0.15) is 0 Å². The summed E-state index contributed by atoms with van der Waals surface area (Å²) in [7, 11) is 0. The van der Waals surface area contributed by atoms with Gasteiger partial charge in [-0.05, 0) is 30.9 Å². The van der Waals surface area contributed by atoms with Crippen LogP contribution in [0.25, 0.3) is 0 Å². The van der Waals surface area contributed by atoms with Gasteiger partial charge in [-0.1, -0.05) is 0 Å². The lowest BCUT2D eigenvalue weighted by atomic mass is 10.1. The first kappa shape index (κ1) is 7.36. The van der Waals surface area contributed by atoms with Gasteiger partial charge in [-0.25, -0.2) is 0 Å². The van der Waals surface area contributed by atoms with E-state index in [9.17, 15) is 4.79 Å². The summed E-state index contributed by atoms with van der Waals surface area (Å²) in [6, 6.07) is 0. The van der Waals surface area contributed by atoms with E-state index >= 15 is 0 Å². The Balaban J connectivity index is 2.39. The SMILES string of the molecule is O=C(Cl)C1CCC(Cl)C1. The highest BCUT2D eigenvalue weighted by Crippen LogP contribution is 2.30. The molecule has 3 heteroatoms. The van der Waals surface area contributed by atoms with Crippen LogP contribution >= 0.6 is 23.2 Å². The van der Waals surface area contributed by atoms with Crippen LogP contribution in [0, 0.1) is 5.92 Å². The van der Waals surface area contributed by atoms with E-state index in [4.69, 9.17) is 23.2 Å². The zero-order valence-corrected chi connectivity index (χ0v) is 6.45. The first-order valence-electron chi connectivity index (χ1n) is 3.03. The predicted molar refractivity (Wildman–Crippen MR) is 37.8 cm³/mol. The number of alkyl halides is 1. The summed E-state index contributed by atoms with van der Waals surface area (Å²) >= 11 is 11.0. The Morgan fingerprint density at radius 1 is 1.44 bits per heavy atom. The van der Waals surface area contributed by atoms with Gasteiger partial charge >= 0.3 is 0 Å². The molecule has 0 amide bonds. The van der Waals surface area contributed by atoms with E-state index in [1.54, 1.807) is 0 Å². The fourth-order valence-electron chi connectivity index (χ4n) is 1.13. The fraction of sp³-hybridized carbons (Fsp3) is 0.833. The molecule has 2 unspecified atom stereocenters. The standard InChI is InChI=1S/C6H8Cl2O/c7-5-2-1-4(3-5)6(8)9/h4-5H,1-3H2. The predicted octanol–water partition coefficient (Wildman–Crippen LogP) is 2.16. The molecule has 0 aromatic heterocycles. The lowest BCUT2D eigenvalue weighted by Crippen LogP contribution is -2.03. The second kappa shape index (κ2) is 2.89. The van der Waals surface area contributed by atoms with Gasteiger partial charge in [0.2, 0.25) is 5.24 Å². The van der Waals surface area contributed by atoms with Crippen molar-refractivity contribution in [3.63, 3.8) is 0 Å². The number of hydrogen-bond donors (Lipinski definition) is 0. The number of hydrogen-bond acceptors (Lipinski definition) is 1. The highest BCUT2D eigenvalue weighted by molar-refractivity contribution is 6.64. The molecule has 0 heterocycles. The largest absolute Gasteiger partial charge is 0.281 e. The van der Waals surface area contributed by atoms with Crippen LogP contribution in [0.1, 0.15) is 19.3 Å². The second-order valence-corrected chi connectivity index (χ2v) is 3.40. The molecule has 1 aliphatic carbocycles. The number of carbonyl (C=O) groups is 1. The van der Waals surface area contributed by atoms with Gasteiger partial charge in [0.15, 0.2) is 0 Å². The second-order valence-electron chi connectivity index (χ2n) is 2.41. The van der Waals surface area contributed by atoms with E-state index in [2.05, 4.69) is 0 Å². The molecule has 1 nitrogen and oxygen atoms in total. The average molecular weight is 167 g/mol. The van der Waals surface area contributed by atoms with Crippen molar-refractivity contribution in [1.82, 2.24) is 0 Å². The van der Waals surface area contributed by atoms with Crippen LogP contribution in [0.3, 0.4) is 0 Å². The summed E-state index contributed by atoms with van der Waals surface area (Å²) in [5, 5.41) is -0.0455. The third-order valence-electron chi connectivity index (χ3n) is 1.69. The van der Waals surface area contributed by atoms with Crippen LogP contribution in [-0.4, -0.2) is 10.6 Å². The van der Waals surface area contributed by atoms with Crippen LogP contribution in [0.4, 0.5) is 0 Å². The molecule has 0 N–H and O–H groups in total. The van der Waals surface area contributed by atoms with Gasteiger partial charge in [0, 0.05) is 11.3 Å². The molecule has 0 aromatic rings. The summed E-state index contributed by atoms with van der Waals surface area (Å²) < 4.78 is 0. The van der Waals surface area contributed by atoms with Crippen LogP contribution in [-0.2, 0) is 4.79 Å². The van der Waals surface area contributed by atoms with Gasteiger partial charge in [0.05, 0.1) is 0 Å². The van der Waals surface area contributed by atoms with Crippen LogP contribution < -0.4 is 0 Å². The van der Waals surface area contributed by atoms with Gasteiger partial charge in [-0.2, -0.15) is 0 Å². The summed E-state index contributed by atoms with van der Waals surface area (Å²) in [5.41, 5.74) is 0. The molecular weight excluding hydrogens is 159 g/mol. The zero-order chi connectivity index (χ0) is 6.85. The van der Waals surface area contributed by atoms with E-state index in [1.165, 1.54) is 0 Å². The Morgan fingerprint density at radius 2 is 2.11 bits per heavy atom. The maximum atomic E-state index is 10.5. The molecule has 0 saturated heterocycles. The van der Waals surface area contributed by atoms with E-state index in [0.717, 1.165) is 19.3 Å². The monoisotopic (exact) mass is 166 g/mol. The van der Waals surface area contributed by atoms with E-state index in [1.807, 2.05) is 0 Å². The number of halogens is 2. The minimum Gasteiger partial charge on any atom is -0.281 e. The molecule has 0 bridgehead atoms. The molecular formula is C6H8Cl2O. The van der Waals surface area contributed by atoms with E-state index in [0.29, 0.717) is 0 Å². The van der Waals surface area contributed by atoms with Crippen molar-refractivity contribution in [2.24, 2.45) is 5.92 Å². The van der Waals surface area contributed by atoms with Crippen molar-refractivity contribution in [2.45, 2.75) is 24.6 Å². The highest BCUT2D eigenvalue weighted by atomic mass is 35.5. The molecule has 0 radical (unpaired) electrons. The van der Waals surface area contributed by atoms with E-state index in [-0.39, 0.29) is 16.5 Å². The molecule has 52 valence electrons. The fourth-order valence-corrected chi connectivity index (χ4v) is 1.67. The number of carbonyl (C=O) groups excluding carboxylic acids is 1. The molecule has 1 aliphatic rings. The highest BCUT2D eigenvalue weighted by Gasteiger charge is 2.26. The third kappa shape index (κ3) is 1.84. The molecule has 0 aliphatic heterocycles. The first-order valence-corrected chi connectivity index (χ1v) is 3.85. The quantitative estimate of drug-likeness (QED) is 0.432. The van der Waals surface area contributed by atoms with Gasteiger partial charge in [-0.15, -0.1) is 11.6 Å². The zero-order valence-electron chi connectivity index (χ0n) is 4.94. The summed E-state index contributed by atoms with van der Waals surface area (Å²) in [6.07, 6.45) is 2.57. The van der Waals surface area contributed by atoms with Crippen molar-refractivity contribution in [3.05, 3.63) is 0 Å². The maximum Gasteiger partial charge on any atom is 0.224 e. The van der Waals surface area contributed by atoms with Crippen LogP contribution in [0.5, 0.6) is 0 Å². The Hall–Kier alpha value is 0.250. The van der Waals surface area contributed by atoms with Crippen molar-refractivity contribution in [3.8, 4) is 0 Å². The minimum absolute atomic E-state index is 0.0363. The van der Waals surface area contributed by atoms with Crippen LogP contribution in [0.15, 0.2) is 0 Å². The molecule has 1 rings (SSSR count). The topological polar surface area (TPSA) is 17.1 Å². The Morgan fingerprint density at radius 3 is 2.33 bits per heavy atom. The van der Waals surface area contributed by atoms with Crippen molar-refractivity contribution >= 4 is 28.4 Å². The smallest absolute Gasteiger partial charge is 0.224 e. The molecule has 1 fully saturated rings. The maximum absolute atomic E-state index is 10.5. The Labute approximate surface area is 64.3 Å². The summed E-state index contributed by atoms with van der Waals surface area (Å²) in [5.74, 6) is 0.0363. The normalized spacial score (nSPS) is 34.9. The first-order chi connectivity index (χ1) is 4.20. The summed E-state index contributed by atoms with van der Waals surface area (Å²) in [4.78, 5) is 10.5. The molecule has 9 heavy (non-hydrogen) atoms. The Kier molecular flexibility index (Phi) is 2.36. The third-order valence-corrected chi connectivity index (χ3v) is 2.39. The molecule has 2 atom stereocenters. The van der Waals surface area contributed by atoms with Gasteiger partial charge < -0.3 is 0 Å². The van der Waals surface area contributed by atoms with Gasteiger partial charge in [-0.3, -0.25) is 4.79 Å². The number of rotatable bonds is 1.